The van der Waals surface area contributed by atoms with E-state index in [1.807, 2.05) is 0 Å². The summed E-state index contributed by atoms with van der Waals surface area (Å²) in [7, 11) is 0. The van der Waals surface area contributed by atoms with E-state index in [4.69, 9.17) is 10.8 Å². The molecule has 3 N–H and O–H groups in total. The van der Waals surface area contributed by atoms with Crippen molar-refractivity contribution in [3.63, 3.8) is 0 Å². The maximum atomic E-state index is 12.4. The van der Waals surface area contributed by atoms with Crippen LogP contribution in [0.15, 0.2) is 24.3 Å². The van der Waals surface area contributed by atoms with Gasteiger partial charge in [-0.2, -0.15) is 0 Å². The molecule has 0 bridgehead atoms. The van der Waals surface area contributed by atoms with Gasteiger partial charge in [0.1, 0.15) is 0 Å². The van der Waals surface area contributed by atoms with Gasteiger partial charge in [0, 0.05) is 11.5 Å². The van der Waals surface area contributed by atoms with E-state index in [0.717, 1.165) is 0 Å². The van der Waals surface area contributed by atoms with E-state index < -0.39 is 18.3 Å². The van der Waals surface area contributed by atoms with Crippen LogP contribution in [0.3, 0.4) is 0 Å². The Morgan fingerprint density at radius 2 is 2.00 bits per heavy atom. The molecule has 0 radical (unpaired) electrons. The van der Waals surface area contributed by atoms with E-state index in [-0.39, 0.29) is 18.5 Å². The Balaban J connectivity index is 2.92. The largest absolute Gasteiger partial charge is 0.481 e. The molecule has 0 heterocycles. The molecule has 1 aromatic rings. The minimum atomic E-state index is -2.55. The van der Waals surface area contributed by atoms with E-state index >= 15 is 0 Å². The standard InChI is InChI=1S/C11H13F2NO2/c12-11(13)8-3-1-2-7(4-8)9(6-14)5-10(15)16/h1-4,9,11H,5-6,14H2,(H,15,16). The second-order valence-corrected chi connectivity index (χ2v) is 3.50. The van der Waals surface area contributed by atoms with E-state index in [1.54, 1.807) is 6.07 Å². The first kappa shape index (κ1) is 12.6. The number of hydrogen-bond acceptors (Lipinski definition) is 2. The second-order valence-electron chi connectivity index (χ2n) is 3.50. The highest BCUT2D eigenvalue weighted by molar-refractivity contribution is 5.68. The number of carbonyl (C=O) groups is 1. The molecule has 88 valence electrons. The number of carboxylic acid groups (broad SMARTS) is 1. The zero-order valence-corrected chi connectivity index (χ0v) is 8.57. The SMILES string of the molecule is NCC(CC(=O)O)c1cccc(C(F)F)c1. The van der Waals surface area contributed by atoms with Crippen molar-refractivity contribution in [3.05, 3.63) is 35.4 Å². The fraction of sp³-hybridized carbons (Fsp3) is 0.364. The third-order valence-corrected chi connectivity index (χ3v) is 2.34. The average Bonchev–Trinajstić information content (AvgIpc) is 2.25. The third kappa shape index (κ3) is 3.27. The summed E-state index contributed by atoms with van der Waals surface area (Å²) >= 11 is 0. The van der Waals surface area contributed by atoms with Crippen LogP contribution in [-0.4, -0.2) is 17.6 Å². The molecule has 0 aliphatic rings. The number of halogens is 2. The van der Waals surface area contributed by atoms with Gasteiger partial charge in [-0.1, -0.05) is 18.2 Å². The molecule has 0 aliphatic heterocycles. The molecule has 0 aromatic heterocycles. The molecule has 0 saturated heterocycles. The van der Waals surface area contributed by atoms with Crippen LogP contribution in [0, 0.1) is 0 Å². The minimum absolute atomic E-state index is 0.110. The highest BCUT2D eigenvalue weighted by Crippen LogP contribution is 2.24. The second kappa shape index (κ2) is 5.55. The van der Waals surface area contributed by atoms with E-state index in [1.165, 1.54) is 18.2 Å². The topological polar surface area (TPSA) is 63.3 Å². The maximum absolute atomic E-state index is 12.4. The minimum Gasteiger partial charge on any atom is -0.481 e. The predicted molar refractivity (Wildman–Crippen MR) is 55.4 cm³/mol. The van der Waals surface area contributed by atoms with Crippen molar-refractivity contribution in [2.24, 2.45) is 5.73 Å². The van der Waals surface area contributed by atoms with Crippen molar-refractivity contribution in [1.82, 2.24) is 0 Å². The van der Waals surface area contributed by atoms with E-state index in [9.17, 15) is 13.6 Å². The first-order valence-electron chi connectivity index (χ1n) is 4.84. The molecular formula is C11H13F2NO2. The molecule has 0 amide bonds. The zero-order valence-electron chi connectivity index (χ0n) is 8.57. The number of aliphatic carboxylic acids is 1. The summed E-state index contributed by atoms with van der Waals surface area (Å²) in [5, 5.41) is 8.65. The van der Waals surface area contributed by atoms with Gasteiger partial charge < -0.3 is 10.8 Å². The number of benzene rings is 1. The van der Waals surface area contributed by atoms with Gasteiger partial charge in [0.15, 0.2) is 0 Å². The summed E-state index contributed by atoms with van der Waals surface area (Å²) < 4.78 is 24.9. The molecular weight excluding hydrogens is 216 g/mol. The van der Waals surface area contributed by atoms with Crippen molar-refractivity contribution < 1.29 is 18.7 Å². The fourth-order valence-corrected chi connectivity index (χ4v) is 1.50. The Labute approximate surface area is 91.9 Å². The summed E-state index contributed by atoms with van der Waals surface area (Å²) in [6.45, 7) is 0.124. The fourth-order valence-electron chi connectivity index (χ4n) is 1.50. The molecule has 1 atom stereocenters. The number of alkyl halides is 2. The lowest BCUT2D eigenvalue weighted by Gasteiger charge is -2.13. The maximum Gasteiger partial charge on any atom is 0.304 e. The molecule has 0 spiro atoms. The first-order chi connectivity index (χ1) is 7.54. The predicted octanol–water partition coefficient (Wildman–Crippen LogP) is 2.14. The van der Waals surface area contributed by atoms with E-state index in [0.29, 0.717) is 5.56 Å². The first-order valence-corrected chi connectivity index (χ1v) is 4.84. The molecule has 1 aromatic carbocycles. The number of rotatable bonds is 5. The number of carboxylic acids is 1. The van der Waals surface area contributed by atoms with Crippen molar-refractivity contribution in [3.8, 4) is 0 Å². The van der Waals surface area contributed by atoms with Crippen LogP contribution >= 0.6 is 0 Å². The van der Waals surface area contributed by atoms with Crippen molar-refractivity contribution in [2.45, 2.75) is 18.8 Å². The van der Waals surface area contributed by atoms with Crippen molar-refractivity contribution in [2.75, 3.05) is 6.54 Å². The Kier molecular flexibility index (Phi) is 4.37. The van der Waals surface area contributed by atoms with E-state index in [2.05, 4.69) is 0 Å². The van der Waals surface area contributed by atoms with Gasteiger partial charge in [0.05, 0.1) is 6.42 Å². The summed E-state index contributed by atoms with van der Waals surface area (Å²) in [5.41, 5.74) is 5.86. The number of nitrogens with two attached hydrogens (primary N) is 1. The molecule has 0 fully saturated rings. The monoisotopic (exact) mass is 229 g/mol. The lowest BCUT2D eigenvalue weighted by molar-refractivity contribution is -0.137. The highest BCUT2D eigenvalue weighted by atomic mass is 19.3. The van der Waals surface area contributed by atoms with Gasteiger partial charge in [-0.05, 0) is 18.2 Å². The normalized spacial score (nSPS) is 12.8. The summed E-state index contributed by atoms with van der Waals surface area (Å²) in [4.78, 5) is 10.6. The van der Waals surface area contributed by atoms with Gasteiger partial charge in [0.2, 0.25) is 0 Å². The van der Waals surface area contributed by atoms with Crippen LogP contribution in [-0.2, 0) is 4.79 Å². The average molecular weight is 229 g/mol. The molecule has 1 unspecified atom stereocenters. The lowest BCUT2D eigenvalue weighted by Crippen LogP contribution is -2.16. The number of hydrogen-bond donors (Lipinski definition) is 2. The van der Waals surface area contributed by atoms with Crippen LogP contribution in [0.5, 0.6) is 0 Å². The molecule has 3 nitrogen and oxygen atoms in total. The summed E-state index contributed by atoms with van der Waals surface area (Å²) in [6.07, 6.45) is -2.70. The molecule has 1 rings (SSSR count). The van der Waals surface area contributed by atoms with Crippen molar-refractivity contribution in [1.29, 1.82) is 0 Å². The molecule has 5 heteroatoms. The third-order valence-electron chi connectivity index (χ3n) is 2.34. The van der Waals surface area contributed by atoms with Gasteiger partial charge in [-0.3, -0.25) is 4.79 Å². The van der Waals surface area contributed by atoms with Crippen LogP contribution in [0.1, 0.15) is 29.9 Å². The summed E-state index contributed by atoms with van der Waals surface area (Å²) in [5.74, 6) is -1.41. The summed E-state index contributed by atoms with van der Waals surface area (Å²) in [6, 6.07) is 5.72. The van der Waals surface area contributed by atoms with Gasteiger partial charge in [0.25, 0.3) is 6.43 Å². The lowest BCUT2D eigenvalue weighted by atomic mass is 9.94. The van der Waals surface area contributed by atoms with Gasteiger partial charge in [-0.25, -0.2) is 8.78 Å². The Bertz CT molecular complexity index is 369. The smallest absolute Gasteiger partial charge is 0.304 e. The van der Waals surface area contributed by atoms with Crippen LogP contribution < -0.4 is 5.73 Å². The van der Waals surface area contributed by atoms with Crippen LogP contribution in [0.4, 0.5) is 8.78 Å². The molecule has 16 heavy (non-hydrogen) atoms. The Hall–Kier alpha value is -1.49. The quantitative estimate of drug-likeness (QED) is 0.813. The van der Waals surface area contributed by atoms with Crippen LogP contribution in [0.2, 0.25) is 0 Å². The van der Waals surface area contributed by atoms with Crippen LogP contribution in [0.25, 0.3) is 0 Å². The zero-order chi connectivity index (χ0) is 12.1. The molecule has 0 saturated carbocycles. The van der Waals surface area contributed by atoms with Crippen molar-refractivity contribution >= 4 is 5.97 Å². The van der Waals surface area contributed by atoms with Gasteiger partial charge >= 0.3 is 5.97 Å². The van der Waals surface area contributed by atoms with Gasteiger partial charge in [-0.15, -0.1) is 0 Å². The Morgan fingerprint density at radius 1 is 1.38 bits per heavy atom. The molecule has 0 aliphatic carbocycles. The Morgan fingerprint density at radius 3 is 2.50 bits per heavy atom. The highest BCUT2D eigenvalue weighted by Gasteiger charge is 2.16.